The number of methoxy groups -OCH3 is 1. The Hall–Kier alpha value is -1.85. The van der Waals surface area contributed by atoms with E-state index in [1.807, 2.05) is 18.7 Å². The van der Waals surface area contributed by atoms with Gasteiger partial charge in [-0.2, -0.15) is 4.98 Å². The highest BCUT2D eigenvalue weighted by Gasteiger charge is 2.33. The van der Waals surface area contributed by atoms with E-state index in [2.05, 4.69) is 9.97 Å². The van der Waals surface area contributed by atoms with Crippen LogP contribution in [0.5, 0.6) is 5.88 Å². The van der Waals surface area contributed by atoms with E-state index in [1.165, 1.54) is 0 Å². The number of carbonyl (C=O) groups excluding carboxylic acids is 1. The van der Waals surface area contributed by atoms with Gasteiger partial charge in [-0.1, -0.05) is 0 Å². The molecule has 0 spiro atoms. The van der Waals surface area contributed by atoms with Crippen LogP contribution < -0.4 is 9.64 Å². The number of aromatic nitrogens is 2. The lowest BCUT2D eigenvalue weighted by Crippen LogP contribution is -2.38. The van der Waals surface area contributed by atoms with Crippen molar-refractivity contribution < 1.29 is 14.3 Å². The summed E-state index contributed by atoms with van der Waals surface area (Å²) in [5, 5.41) is 0. The van der Waals surface area contributed by atoms with Gasteiger partial charge in [-0.25, -0.2) is 9.78 Å². The van der Waals surface area contributed by atoms with E-state index in [0.717, 1.165) is 25.1 Å². The van der Waals surface area contributed by atoms with Crippen LogP contribution in [-0.2, 0) is 9.53 Å². The molecular weight excluding hydrogens is 246 g/mol. The predicted octanol–water partition coefficient (Wildman–Crippen LogP) is 1.33. The molecule has 2 heterocycles. The maximum atomic E-state index is 11.9. The first-order chi connectivity index (χ1) is 9.15. The zero-order chi connectivity index (χ0) is 13.8. The number of carbonyl (C=O) groups is 1. The second-order valence-electron chi connectivity index (χ2n) is 4.46. The number of hydrogen-bond donors (Lipinski definition) is 0. The summed E-state index contributed by atoms with van der Waals surface area (Å²) in [6.07, 6.45) is 1.71. The van der Waals surface area contributed by atoms with E-state index >= 15 is 0 Å². The summed E-state index contributed by atoms with van der Waals surface area (Å²) >= 11 is 0. The van der Waals surface area contributed by atoms with Crippen molar-refractivity contribution in [3.8, 4) is 5.88 Å². The molecule has 0 aliphatic carbocycles. The van der Waals surface area contributed by atoms with Gasteiger partial charge in [0, 0.05) is 18.3 Å². The zero-order valence-corrected chi connectivity index (χ0v) is 11.5. The standard InChI is InChI=1S/C13H19N3O3/c1-4-19-12(17)10-6-5-7-16(10)13-14-9(2)8-11(15-13)18-3/h8,10H,4-7H2,1-3H3. The minimum absolute atomic E-state index is 0.205. The highest BCUT2D eigenvalue weighted by atomic mass is 16.5. The molecule has 6 heteroatoms. The third-order valence-corrected chi connectivity index (χ3v) is 3.10. The monoisotopic (exact) mass is 265 g/mol. The van der Waals surface area contributed by atoms with Crippen molar-refractivity contribution in [1.82, 2.24) is 9.97 Å². The van der Waals surface area contributed by atoms with E-state index in [1.54, 1.807) is 13.2 Å². The summed E-state index contributed by atoms with van der Waals surface area (Å²) in [4.78, 5) is 22.5. The smallest absolute Gasteiger partial charge is 0.328 e. The first kappa shape index (κ1) is 13.6. The van der Waals surface area contributed by atoms with Gasteiger partial charge in [0.2, 0.25) is 11.8 Å². The molecule has 1 atom stereocenters. The fraction of sp³-hybridized carbons (Fsp3) is 0.615. The number of rotatable bonds is 4. The maximum absolute atomic E-state index is 11.9. The summed E-state index contributed by atoms with van der Waals surface area (Å²) in [7, 11) is 1.57. The highest BCUT2D eigenvalue weighted by molar-refractivity contribution is 5.80. The molecule has 6 nitrogen and oxygen atoms in total. The SMILES string of the molecule is CCOC(=O)C1CCCN1c1nc(C)cc(OC)n1. The van der Waals surface area contributed by atoms with Crippen LogP contribution in [0.1, 0.15) is 25.5 Å². The molecular formula is C13H19N3O3. The fourth-order valence-corrected chi connectivity index (χ4v) is 2.25. The molecule has 1 aromatic heterocycles. The van der Waals surface area contributed by atoms with Gasteiger partial charge in [0.25, 0.3) is 0 Å². The zero-order valence-electron chi connectivity index (χ0n) is 11.5. The quantitative estimate of drug-likeness (QED) is 0.765. The Morgan fingerprint density at radius 1 is 1.53 bits per heavy atom. The number of aryl methyl sites for hydroxylation is 1. The van der Waals surface area contributed by atoms with Crippen molar-refractivity contribution in [2.24, 2.45) is 0 Å². The molecule has 19 heavy (non-hydrogen) atoms. The minimum Gasteiger partial charge on any atom is -0.481 e. The lowest BCUT2D eigenvalue weighted by atomic mass is 10.2. The molecule has 1 aliphatic heterocycles. The van der Waals surface area contributed by atoms with Gasteiger partial charge >= 0.3 is 5.97 Å². The molecule has 2 rings (SSSR count). The summed E-state index contributed by atoms with van der Waals surface area (Å²) in [5.74, 6) is 0.841. The molecule has 1 aromatic rings. The van der Waals surface area contributed by atoms with Gasteiger partial charge < -0.3 is 14.4 Å². The van der Waals surface area contributed by atoms with Crippen molar-refractivity contribution >= 4 is 11.9 Å². The molecule has 0 saturated carbocycles. The minimum atomic E-state index is -0.286. The third-order valence-electron chi connectivity index (χ3n) is 3.10. The Morgan fingerprint density at radius 3 is 3.00 bits per heavy atom. The first-order valence-corrected chi connectivity index (χ1v) is 6.48. The topological polar surface area (TPSA) is 64.5 Å². The number of anilines is 1. The van der Waals surface area contributed by atoms with Crippen LogP contribution in [0, 0.1) is 6.92 Å². The van der Waals surface area contributed by atoms with Gasteiger partial charge in [0.15, 0.2) is 0 Å². The summed E-state index contributed by atoms with van der Waals surface area (Å²) < 4.78 is 10.2. The van der Waals surface area contributed by atoms with Crippen molar-refractivity contribution in [3.05, 3.63) is 11.8 Å². The Labute approximate surface area is 112 Å². The summed E-state index contributed by atoms with van der Waals surface area (Å²) in [6, 6.07) is 1.48. The molecule has 1 saturated heterocycles. The van der Waals surface area contributed by atoms with Crippen molar-refractivity contribution in [2.45, 2.75) is 32.7 Å². The number of ether oxygens (including phenoxy) is 2. The van der Waals surface area contributed by atoms with Crippen LogP contribution in [-0.4, -0.2) is 42.2 Å². The van der Waals surface area contributed by atoms with Crippen LogP contribution in [0.4, 0.5) is 5.95 Å². The second kappa shape index (κ2) is 5.86. The fourth-order valence-electron chi connectivity index (χ4n) is 2.25. The molecule has 0 amide bonds. The predicted molar refractivity (Wildman–Crippen MR) is 70.3 cm³/mol. The van der Waals surface area contributed by atoms with Gasteiger partial charge in [0.05, 0.1) is 13.7 Å². The molecule has 1 aliphatic rings. The van der Waals surface area contributed by atoms with E-state index in [-0.39, 0.29) is 12.0 Å². The van der Waals surface area contributed by atoms with E-state index in [9.17, 15) is 4.79 Å². The van der Waals surface area contributed by atoms with Gasteiger partial charge in [-0.3, -0.25) is 0 Å². The van der Waals surface area contributed by atoms with Gasteiger partial charge in [-0.15, -0.1) is 0 Å². The average Bonchev–Trinajstić information content (AvgIpc) is 2.87. The molecule has 1 fully saturated rings. The Kier molecular flexibility index (Phi) is 4.19. The molecule has 104 valence electrons. The van der Waals surface area contributed by atoms with Crippen LogP contribution >= 0.6 is 0 Å². The van der Waals surface area contributed by atoms with Crippen LogP contribution in [0.3, 0.4) is 0 Å². The number of nitrogens with zero attached hydrogens (tertiary/aromatic N) is 3. The Balaban J connectivity index is 2.24. The second-order valence-corrected chi connectivity index (χ2v) is 4.46. The largest absolute Gasteiger partial charge is 0.481 e. The van der Waals surface area contributed by atoms with E-state index in [4.69, 9.17) is 9.47 Å². The van der Waals surface area contributed by atoms with Crippen molar-refractivity contribution in [3.63, 3.8) is 0 Å². The van der Waals surface area contributed by atoms with Gasteiger partial charge in [-0.05, 0) is 26.7 Å². The number of esters is 1. The molecule has 0 radical (unpaired) electrons. The highest BCUT2D eigenvalue weighted by Crippen LogP contribution is 2.25. The maximum Gasteiger partial charge on any atom is 0.328 e. The van der Waals surface area contributed by atoms with Crippen LogP contribution in [0.25, 0.3) is 0 Å². The first-order valence-electron chi connectivity index (χ1n) is 6.48. The van der Waals surface area contributed by atoms with E-state index < -0.39 is 0 Å². The lowest BCUT2D eigenvalue weighted by Gasteiger charge is -2.23. The normalized spacial score (nSPS) is 18.5. The van der Waals surface area contributed by atoms with Crippen LogP contribution in [0.2, 0.25) is 0 Å². The average molecular weight is 265 g/mol. The molecule has 1 unspecified atom stereocenters. The third kappa shape index (κ3) is 2.94. The van der Waals surface area contributed by atoms with Crippen LogP contribution in [0.15, 0.2) is 6.07 Å². The summed E-state index contributed by atoms with van der Waals surface area (Å²) in [6.45, 7) is 4.84. The Bertz CT molecular complexity index is 464. The molecule has 0 N–H and O–H groups in total. The lowest BCUT2D eigenvalue weighted by molar-refractivity contribution is -0.144. The van der Waals surface area contributed by atoms with Crippen molar-refractivity contribution in [1.29, 1.82) is 0 Å². The Morgan fingerprint density at radius 2 is 2.32 bits per heavy atom. The van der Waals surface area contributed by atoms with E-state index in [0.29, 0.717) is 18.4 Å². The molecule has 0 bridgehead atoms. The van der Waals surface area contributed by atoms with Crippen molar-refractivity contribution in [2.75, 3.05) is 25.2 Å². The van der Waals surface area contributed by atoms with Gasteiger partial charge in [0.1, 0.15) is 6.04 Å². The summed E-state index contributed by atoms with van der Waals surface area (Å²) in [5.41, 5.74) is 0.816. The molecule has 0 aromatic carbocycles. The number of hydrogen-bond acceptors (Lipinski definition) is 6.